The van der Waals surface area contributed by atoms with Gasteiger partial charge in [0.2, 0.25) is 11.8 Å². The highest BCUT2D eigenvalue weighted by Gasteiger charge is 2.30. The maximum absolute atomic E-state index is 13.5. The lowest BCUT2D eigenvalue weighted by molar-refractivity contribution is -0.121. The van der Waals surface area contributed by atoms with Crippen LogP contribution < -0.4 is 31.7 Å². The van der Waals surface area contributed by atoms with E-state index in [9.17, 15) is 14.4 Å². The van der Waals surface area contributed by atoms with Gasteiger partial charge in [-0.2, -0.15) is 0 Å². The summed E-state index contributed by atoms with van der Waals surface area (Å²) in [4.78, 5) is 47.1. The molecule has 2 aliphatic heterocycles. The minimum Gasteiger partial charge on any atom is -1.00 e. The molecule has 1 saturated heterocycles. The second-order valence-corrected chi connectivity index (χ2v) is 9.40. The molecule has 35 heavy (non-hydrogen) atoms. The van der Waals surface area contributed by atoms with Crippen molar-refractivity contribution in [3.8, 4) is 11.5 Å². The minimum absolute atomic E-state index is 0. The highest BCUT2D eigenvalue weighted by Crippen LogP contribution is 2.39. The van der Waals surface area contributed by atoms with Crippen molar-refractivity contribution in [3.63, 3.8) is 0 Å². The molecule has 0 saturated carbocycles. The molecule has 0 bridgehead atoms. The van der Waals surface area contributed by atoms with Gasteiger partial charge in [-0.15, -0.1) is 0 Å². The lowest BCUT2D eigenvalue weighted by atomic mass is 10.1. The fourth-order valence-corrected chi connectivity index (χ4v) is 4.93. The molecule has 0 atom stereocenters. The van der Waals surface area contributed by atoms with Crippen LogP contribution in [0.3, 0.4) is 0 Å². The van der Waals surface area contributed by atoms with E-state index in [1.165, 1.54) is 16.2 Å². The number of hydrogen-bond acceptors (Lipinski definition) is 8. The molecule has 184 valence electrons. The number of ether oxygens (including phenoxy) is 2. The molecule has 5 rings (SSSR count). The van der Waals surface area contributed by atoms with Crippen molar-refractivity contribution in [1.82, 2.24) is 9.88 Å². The third kappa shape index (κ3) is 4.95. The number of fused-ring (bicyclic) bond motifs is 2. The number of likely N-dealkylation sites (N-methyl/N-ethyl adjacent to an activating group) is 1. The summed E-state index contributed by atoms with van der Waals surface area (Å²) in [5.74, 6) is 0.692. The molecule has 0 unspecified atom stereocenters. The molecule has 1 aromatic heterocycles. The third-order valence-corrected chi connectivity index (χ3v) is 6.75. The highest BCUT2D eigenvalue weighted by atomic mass is 35.5. The van der Waals surface area contributed by atoms with Crippen LogP contribution >= 0.6 is 11.3 Å². The summed E-state index contributed by atoms with van der Waals surface area (Å²) in [5, 5.41) is 0.582. The second-order valence-electron chi connectivity index (χ2n) is 8.39. The van der Waals surface area contributed by atoms with Crippen molar-refractivity contribution < 1.29 is 36.3 Å². The number of thiazole rings is 1. The van der Waals surface area contributed by atoms with Crippen LogP contribution in [0.1, 0.15) is 23.2 Å². The van der Waals surface area contributed by atoms with Crippen LogP contribution in [0.5, 0.6) is 11.5 Å². The summed E-state index contributed by atoms with van der Waals surface area (Å²) >= 11 is 1.42. The molecular formula is C24H24ClN4O5S-. The molecular weight excluding hydrogens is 492 g/mol. The monoisotopic (exact) mass is 515 g/mol. The number of nitrogens with zero attached hydrogens (tertiary/aromatic N) is 4. The Morgan fingerprint density at radius 2 is 1.63 bits per heavy atom. The van der Waals surface area contributed by atoms with Crippen LogP contribution in [0.2, 0.25) is 0 Å². The molecule has 3 heterocycles. The summed E-state index contributed by atoms with van der Waals surface area (Å²) in [6, 6.07) is 10.3. The molecule has 0 spiro atoms. The van der Waals surface area contributed by atoms with Crippen LogP contribution in [0.25, 0.3) is 10.2 Å². The van der Waals surface area contributed by atoms with Crippen molar-refractivity contribution in [1.29, 1.82) is 0 Å². The normalized spacial score (nSPS) is 15.0. The van der Waals surface area contributed by atoms with Gasteiger partial charge in [-0.25, -0.2) is 4.98 Å². The highest BCUT2D eigenvalue weighted by molar-refractivity contribution is 7.22. The van der Waals surface area contributed by atoms with E-state index in [1.54, 1.807) is 29.2 Å². The number of halogens is 1. The molecule has 0 N–H and O–H groups in total. The van der Waals surface area contributed by atoms with E-state index in [2.05, 4.69) is 0 Å². The lowest BCUT2D eigenvalue weighted by Gasteiger charge is -2.22. The smallest absolute Gasteiger partial charge is 0.260 e. The Labute approximate surface area is 212 Å². The Morgan fingerprint density at radius 1 is 1.00 bits per heavy atom. The van der Waals surface area contributed by atoms with Gasteiger partial charge in [0, 0.05) is 43.6 Å². The van der Waals surface area contributed by atoms with Crippen molar-refractivity contribution in [2.75, 3.05) is 50.2 Å². The van der Waals surface area contributed by atoms with Crippen LogP contribution in [0, 0.1) is 0 Å². The number of anilines is 2. The molecule has 2 aliphatic rings. The number of imide groups is 1. The quantitative estimate of drug-likeness (QED) is 0.424. The summed E-state index contributed by atoms with van der Waals surface area (Å²) in [5.41, 5.74) is 1.68. The van der Waals surface area contributed by atoms with E-state index in [1.807, 2.05) is 31.1 Å². The molecule has 0 radical (unpaired) electrons. The van der Waals surface area contributed by atoms with Gasteiger partial charge in [-0.3, -0.25) is 24.2 Å². The SMILES string of the molecule is CN(C)CCN(C(=O)c1ccc(N2C(=O)CCC2=O)cc1)c1nc2cc3c(cc2s1)OCCO3.[Cl-]. The second kappa shape index (κ2) is 10.2. The molecule has 3 amide bonds. The first-order valence-corrected chi connectivity index (χ1v) is 11.8. The van der Waals surface area contributed by atoms with E-state index in [0.717, 1.165) is 10.2 Å². The lowest BCUT2D eigenvalue weighted by Crippen LogP contribution is -3.00. The summed E-state index contributed by atoms with van der Waals surface area (Å²) in [7, 11) is 3.89. The van der Waals surface area contributed by atoms with E-state index in [-0.39, 0.29) is 43.0 Å². The molecule has 0 aliphatic carbocycles. The Bertz CT molecular complexity index is 1220. The number of rotatable bonds is 6. The zero-order valence-electron chi connectivity index (χ0n) is 19.3. The Hall–Kier alpha value is -3.21. The van der Waals surface area contributed by atoms with Crippen LogP contribution in [-0.2, 0) is 9.59 Å². The fraction of sp³-hybridized carbons (Fsp3) is 0.333. The van der Waals surface area contributed by atoms with Gasteiger partial charge in [0.05, 0.1) is 15.9 Å². The number of aromatic nitrogens is 1. The van der Waals surface area contributed by atoms with Crippen molar-refractivity contribution in [2.45, 2.75) is 12.8 Å². The van der Waals surface area contributed by atoms with E-state index < -0.39 is 0 Å². The number of carbonyl (C=O) groups excluding carboxylic acids is 3. The topological polar surface area (TPSA) is 92.3 Å². The Kier molecular flexibility index (Phi) is 7.25. The largest absolute Gasteiger partial charge is 1.00 e. The van der Waals surface area contributed by atoms with E-state index >= 15 is 0 Å². The number of benzene rings is 2. The van der Waals surface area contributed by atoms with Gasteiger partial charge < -0.3 is 26.8 Å². The van der Waals surface area contributed by atoms with Gasteiger partial charge >= 0.3 is 0 Å². The summed E-state index contributed by atoms with van der Waals surface area (Å²) < 4.78 is 12.3. The van der Waals surface area contributed by atoms with Crippen molar-refractivity contribution in [2.24, 2.45) is 0 Å². The maximum atomic E-state index is 13.5. The van der Waals surface area contributed by atoms with Crippen molar-refractivity contribution >= 4 is 50.1 Å². The Balaban J connectivity index is 0.00000289. The maximum Gasteiger partial charge on any atom is 0.260 e. The zero-order chi connectivity index (χ0) is 23.8. The van der Waals surface area contributed by atoms with Gasteiger partial charge in [0.25, 0.3) is 5.91 Å². The standard InChI is InChI=1S/C24H24N4O5S.ClH/c1-26(2)9-10-27(24-25-17-13-18-19(14-20(17)34-24)33-12-11-32-18)23(31)15-3-5-16(6-4-15)28-21(29)7-8-22(28)30;/h3-6,13-14H,7-12H2,1-2H3;1H/p-1. The predicted octanol–water partition coefficient (Wildman–Crippen LogP) is -0.0667. The number of amides is 3. The third-order valence-electron chi connectivity index (χ3n) is 5.71. The molecule has 3 aromatic rings. The zero-order valence-corrected chi connectivity index (χ0v) is 20.9. The average molecular weight is 516 g/mol. The first-order chi connectivity index (χ1) is 16.4. The number of carbonyl (C=O) groups is 3. The van der Waals surface area contributed by atoms with Crippen LogP contribution in [0.15, 0.2) is 36.4 Å². The summed E-state index contributed by atoms with van der Waals surface area (Å²) in [6.45, 7) is 2.10. The summed E-state index contributed by atoms with van der Waals surface area (Å²) in [6.07, 6.45) is 0.434. The van der Waals surface area contributed by atoms with E-state index in [0.29, 0.717) is 54.2 Å². The van der Waals surface area contributed by atoms with Crippen LogP contribution in [-0.4, -0.2) is 68.0 Å². The van der Waals surface area contributed by atoms with Gasteiger partial charge in [-0.1, -0.05) is 11.3 Å². The predicted molar refractivity (Wildman–Crippen MR) is 129 cm³/mol. The van der Waals surface area contributed by atoms with Gasteiger partial charge in [0.1, 0.15) is 13.2 Å². The number of hydrogen-bond donors (Lipinski definition) is 0. The molecule has 11 heteroatoms. The fourth-order valence-electron chi connectivity index (χ4n) is 3.93. The van der Waals surface area contributed by atoms with E-state index in [4.69, 9.17) is 14.5 Å². The first-order valence-electron chi connectivity index (χ1n) is 11.0. The Morgan fingerprint density at radius 3 is 2.26 bits per heavy atom. The average Bonchev–Trinajstić information content (AvgIpc) is 3.39. The molecule has 9 nitrogen and oxygen atoms in total. The van der Waals surface area contributed by atoms with Gasteiger partial charge in [0.15, 0.2) is 16.6 Å². The minimum atomic E-state index is -0.221. The first kappa shape index (κ1) is 24.9. The molecule has 2 aromatic carbocycles. The van der Waals surface area contributed by atoms with Crippen molar-refractivity contribution in [3.05, 3.63) is 42.0 Å². The van der Waals surface area contributed by atoms with Crippen LogP contribution in [0.4, 0.5) is 10.8 Å². The van der Waals surface area contributed by atoms with Gasteiger partial charge in [-0.05, 0) is 38.4 Å². The molecule has 1 fully saturated rings.